The molecule has 2 nitrogen and oxygen atoms in total. The van der Waals surface area contributed by atoms with Gasteiger partial charge >= 0.3 is 17.1 Å². The second-order valence-corrected chi connectivity index (χ2v) is 11.2. The molecule has 0 aromatic heterocycles. The number of rotatable bonds is 7. The van der Waals surface area contributed by atoms with Crippen LogP contribution in [0.2, 0.25) is 0 Å². The fourth-order valence-corrected chi connectivity index (χ4v) is 7.02. The van der Waals surface area contributed by atoms with E-state index in [4.69, 9.17) is 0 Å². The van der Waals surface area contributed by atoms with E-state index in [1.165, 1.54) is 10.6 Å². The molecule has 2 saturated carbocycles. The average molecular weight is 545 g/mol. The van der Waals surface area contributed by atoms with Crippen LogP contribution in [-0.4, -0.2) is 11.6 Å². The van der Waals surface area contributed by atoms with Crippen molar-refractivity contribution in [3.8, 4) is 0 Å². The summed E-state index contributed by atoms with van der Waals surface area (Å²) in [6, 6.07) is 31.4. The number of hydrogen-bond donors (Lipinski definition) is 1. The van der Waals surface area contributed by atoms with Crippen molar-refractivity contribution in [3.05, 3.63) is 160 Å². The first-order valence-electron chi connectivity index (χ1n) is 12.3. The fourth-order valence-electron chi connectivity index (χ4n) is 4.34. The molecule has 0 unspecified atom stereocenters. The summed E-state index contributed by atoms with van der Waals surface area (Å²) in [4.78, 5) is 13.2. The molecule has 0 saturated heterocycles. The van der Waals surface area contributed by atoms with Crippen molar-refractivity contribution in [2.45, 2.75) is 25.5 Å². The van der Waals surface area contributed by atoms with Gasteiger partial charge in [-0.3, -0.25) is 4.79 Å². The summed E-state index contributed by atoms with van der Waals surface area (Å²) in [5.41, 5.74) is 1.32. The second kappa shape index (κ2) is 15.5. The van der Waals surface area contributed by atoms with Gasteiger partial charge in [0.05, 0.1) is 12.0 Å². The van der Waals surface area contributed by atoms with Crippen LogP contribution in [0, 0.1) is 63.2 Å². The number of amides is 1. The van der Waals surface area contributed by atoms with E-state index in [9.17, 15) is 4.79 Å². The van der Waals surface area contributed by atoms with Crippen LogP contribution in [0.5, 0.6) is 0 Å². The topological polar surface area (TPSA) is 29.1 Å². The van der Waals surface area contributed by atoms with Crippen LogP contribution in [0.15, 0.2) is 91.0 Å². The minimum Gasteiger partial charge on any atom is -0.349 e. The number of hydrogen-bond acceptors (Lipinski definition) is 1. The third-order valence-electron chi connectivity index (χ3n) is 6.20. The molecule has 5 rings (SSSR count). The van der Waals surface area contributed by atoms with E-state index in [2.05, 4.69) is 79.3 Å². The summed E-state index contributed by atoms with van der Waals surface area (Å²) < 4.78 is 0. The van der Waals surface area contributed by atoms with Crippen molar-refractivity contribution in [1.29, 1.82) is 0 Å². The number of nitrogens with one attached hydrogen (secondary N) is 1. The molecule has 37 heavy (non-hydrogen) atoms. The van der Waals surface area contributed by atoms with Gasteiger partial charge in [-0.1, -0.05) is 97.9 Å². The molecule has 2 fully saturated rings. The number of carbonyl (C=O) groups excluding carboxylic acids is 1. The molecule has 1 N–H and O–H groups in total. The summed E-state index contributed by atoms with van der Waals surface area (Å²) >= 11 is 0. The Balaban J connectivity index is 0.000000568. The first kappa shape index (κ1) is 29.6. The zero-order valence-corrected chi connectivity index (χ0v) is 23.1. The Morgan fingerprint density at radius 2 is 1.11 bits per heavy atom. The van der Waals surface area contributed by atoms with Gasteiger partial charge in [0.15, 0.2) is 0 Å². The van der Waals surface area contributed by atoms with Gasteiger partial charge in [-0.15, -0.1) is 0 Å². The van der Waals surface area contributed by atoms with Crippen molar-refractivity contribution in [2.75, 3.05) is 0 Å². The zero-order chi connectivity index (χ0) is 25.2. The zero-order valence-electron chi connectivity index (χ0n) is 21.1. The van der Waals surface area contributed by atoms with E-state index >= 15 is 0 Å². The van der Waals surface area contributed by atoms with Crippen molar-refractivity contribution in [1.82, 2.24) is 5.32 Å². The molecule has 3 aromatic carbocycles. The van der Waals surface area contributed by atoms with E-state index < -0.39 is 7.92 Å². The predicted octanol–water partition coefficient (Wildman–Crippen LogP) is 6.18. The van der Waals surface area contributed by atoms with E-state index in [-0.39, 0.29) is 34.7 Å². The van der Waals surface area contributed by atoms with Gasteiger partial charge in [-0.05, 0) is 88.0 Å². The molecule has 0 heterocycles. The maximum Gasteiger partial charge on any atom is 2.00 e. The van der Waals surface area contributed by atoms with Gasteiger partial charge in [-0.25, -0.2) is 0 Å². The summed E-state index contributed by atoms with van der Waals surface area (Å²) in [6.45, 7) is 4.28. The Morgan fingerprint density at radius 3 is 1.59 bits per heavy atom. The van der Waals surface area contributed by atoms with Gasteiger partial charge in [0.25, 0.3) is 0 Å². The van der Waals surface area contributed by atoms with E-state index in [0.29, 0.717) is 0 Å². The molecular formula is C33H32FeNOP+2. The van der Waals surface area contributed by atoms with Crippen LogP contribution in [-0.2, 0) is 21.9 Å². The predicted molar refractivity (Wildman–Crippen MR) is 152 cm³/mol. The van der Waals surface area contributed by atoms with E-state index in [1.807, 2.05) is 82.2 Å². The Morgan fingerprint density at radius 1 is 0.649 bits per heavy atom. The molecule has 0 bridgehead atoms. The number of carbonyl (C=O) groups is 1. The van der Waals surface area contributed by atoms with Crippen molar-refractivity contribution < 1.29 is 21.9 Å². The van der Waals surface area contributed by atoms with Crippen LogP contribution in [0.3, 0.4) is 0 Å². The third kappa shape index (κ3) is 8.28. The average Bonchev–Trinajstić information content (AvgIpc) is 3.66. The van der Waals surface area contributed by atoms with Crippen LogP contribution < -0.4 is 15.9 Å². The normalized spacial score (nSPS) is 17.4. The van der Waals surface area contributed by atoms with Crippen molar-refractivity contribution in [2.24, 2.45) is 0 Å². The molecule has 0 spiro atoms. The van der Waals surface area contributed by atoms with Crippen LogP contribution >= 0.6 is 7.92 Å². The maximum atomic E-state index is 13.2. The van der Waals surface area contributed by atoms with Crippen molar-refractivity contribution in [3.63, 3.8) is 0 Å². The summed E-state index contributed by atoms with van der Waals surface area (Å²) in [5, 5.41) is 5.82. The second-order valence-electron chi connectivity index (χ2n) is 8.68. The maximum absolute atomic E-state index is 13.2. The first-order chi connectivity index (χ1) is 17.6. The quantitative estimate of drug-likeness (QED) is 0.279. The van der Waals surface area contributed by atoms with Crippen LogP contribution in [0.25, 0.3) is 0 Å². The van der Waals surface area contributed by atoms with Gasteiger partial charge in [0, 0.05) is 5.92 Å². The van der Waals surface area contributed by atoms with Gasteiger partial charge in [-0.2, -0.15) is 0 Å². The Hall–Kier alpha value is -1.92. The van der Waals surface area contributed by atoms with E-state index in [0.717, 1.165) is 17.4 Å². The monoisotopic (exact) mass is 545 g/mol. The van der Waals surface area contributed by atoms with Crippen LogP contribution in [0.1, 0.15) is 25.5 Å². The molecule has 186 valence electrons. The van der Waals surface area contributed by atoms with Gasteiger partial charge < -0.3 is 5.32 Å². The molecule has 4 heteroatoms. The minimum absolute atomic E-state index is 0. The Labute approximate surface area is 236 Å². The standard InChI is InChI=1S/C28H27NOP.C5H5.Fe/c1-21(23-13-6-3-7-14-23)29-28(30)27-20-12-19-26(27)22(2)31(24-15-8-4-9-16-24)25-17-10-5-11-18-25;1-2-4-5-3-1;/h3-22H,1-2H3,(H,29,30);1-5H;/q;;+2/t21-,22-;;/m1../s1. The molecule has 3 aromatic rings. The summed E-state index contributed by atoms with van der Waals surface area (Å²) in [6.07, 6.45) is 16.0. The molecule has 0 aliphatic heterocycles. The molecule has 1 amide bonds. The first-order valence-corrected chi connectivity index (χ1v) is 13.7. The minimum atomic E-state index is -0.648. The molecule has 2 aliphatic carbocycles. The smallest absolute Gasteiger partial charge is 0.349 e. The molecule has 2 aliphatic rings. The Bertz CT molecular complexity index is 995. The van der Waals surface area contributed by atoms with E-state index in [1.54, 1.807) is 0 Å². The fraction of sp³-hybridized carbons (Fsp3) is 0.121. The number of benzene rings is 3. The SMILES string of the molecule is C[C@H]([C]1[CH][CH][CH][C]1C(=O)N[C@H](C)c1ccccc1)P(c1ccccc1)c1ccccc1.[CH]1[CH][CH][CH][CH]1.[Fe+2]. The van der Waals surface area contributed by atoms with Gasteiger partial charge in [0.1, 0.15) is 0 Å². The molecule has 10 radical (unpaired) electrons. The third-order valence-corrected chi connectivity index (χ3v) is 8.96. The molecule has 2 atom stereocenters. The van der Waals surface area contributed by atoms with Crippen molar-refractivity contribution >= 4 is 24.4 Å². The Kier molecular flexibility index (Phi) is 12.4. The summed E-state index contributed by atoms with van der Waals surface area (Å²) in [5.74, 6) is 1.87. The van der Waals surface area contributed by atoms with Crippen LogP contribution in [0.4, 0.5) is 0 Å². The van der Waals surface area contributed by atoms with Gasteiger partial charge in [0.2, 0.25) is 5.91 Å². The summed E-state index contributed by atoms with van der Waals surface area (Å²) in [7, 11) is -0.648. The largest absolute Gasteiger partial charge is 2.00 e. The molecular weight excluding hydrogens is 513 g/mol.